The number of halogens is 2. The van der Waals surface area contributed by atoms with Gasteiger partial charge >= 0.3 is 6.09 Å². The van der Waals surface area contributed by atoms with Gasteiger partial charge in [-0.05, 0) is 57.0 Å². The van der Waals surface area contributed by atoms with Crippen molar-refractivity contribution in [3.05, 3.63) is 69.5 Å². The number of nitrogens with one attached hydrogen (secondary N) is 1. The van der Waals surface area contributed by atoms with Crippen LogP contribution in [0.15, 0.2) is 36.4 Å². The average molecular weight is 536 g/mol. The number of alkyl carbamates (subject to hydrolysis) is 1. The second-order valence-electron chi connectivity index (χ2n) is 11.5. The molecule has 0 spiro atoms. The molecule has 0 unspecified atom stereocenters. The molecular formula is C28H39ClFNO4Si. The molecular weight excluding hydrogens is 497 g/mol. The molecule has 1 N–H and O–H groups in total. The van der Waals surface area contributed by atoms with E-state index in [4.69, 9.17) is 20.8 Å². The Bertz CT molecular complexity index is 1090. The van der Waals surface area contributed by atoms with Crippen LogP contribution >= 0.6 is 11.6 Å². The summed E-state index contributed by atoms with van der Waals surface area (Å²) in [4.78, 5) is 25.5. The SMILES string of the molecule is CC[C@@H](NC(=O)OC(C)(C)C)c1ccc(Cl)c(C(=O)c2ccc(CO[Si](C)(C)C(C)(C)C)cc2)c1F. The Morgan fingerprint density at radius 3 is 2.11 bits per heavy atom. The molecule has 1 atom stereocenters. The smallest absolute Gasteiger partial charge is 0.408 e. The summed E-state index contributed by atoms with van der Waals surface area (Å²) in [5.41, 5.74) is 0.519. The maximum Gasteiger partial charge on any atom is 0.408 e. The molecule has 0 fully saturated rings. The van der Waals surface area contributed by atoms with Gasteiger partial charge < -0.3 is 14.5 Å². The highest BCUT2D eigenvalue weighted by Gasteiger charge is 2.37. The Labute approximate surface area is 220 Å². The predicted molar refractivity (Wildman–Crippen MR) is 146 cm³/mol. The van der Waals surface area contributed by atoms with E-state index in [-0.39, 0.29) is 21.2 Å². The number of hydrogen-bond acceptors (Lipinski definition) is 4. The van der Waals surface area contributed by atoms with Crippen LogP contribution in [0, 0.1) is 5.82 Å². The van der Waals surface area contributed by atoms with Crippen molar-refractivity contribution in [3.8, 4) is 0 Å². The van der Waals surface area contributed by atoms with E-state index in [2.05, 4.69) is 39.2 Å². The van der Waals surface area contributed by atoms with E-state index in [0.717, 1.165) is 5.56 Å². The zero-order valence-electron chi connectivity index (χ0n) is 22.8. The number of benzene rings is 2. The first-order chi connectivity index (χ1) is 16.5. The molecule has 2 aromatic rings. The van der Waals surface area contributed by atoms with Crippen LogP contribution in [0.4, 0.5) is 9.18 Å². The molecule has 0 aliphatic rings. The van der Waals surface area contributed by atoms with Gasteiger partial charge in [-0.15, -0.1) is 0 Å². The highest BCUT2D eigenvalue weighted by atomic mass is 35.5. The summed E-state index contributed by atoms with van der Waals surface area (Å²) in [5, 5.41) is 2.79. The topological polar surface area (TPSA) is 64.6 Å². The molecule has 0 saturated heterocycles. The monoisotopic (exact) mass is 535 g/mol. The lowest BCUT2D eigenvalue weighted by molar-refractivity contribution is 0.0501. The quantitative estimate of drug-likeness (QED) is 0.273. The van der Waals surface area contributed by atoms with Crippen LogP contribution in [0.3, 0.4) is 0 Å². The molecule has 5 nitrogen and oxygen atoms in total. The second-order valence-corrected chi connectivity index (χ2v) is 16.7. The molecule has 0 aliphatic carbocycles. The number of rotatable bonds is 8. The Morgan fingerprint density at radius 1 is 1.03 bits per heavy atom. The zero-order chi connectivity index (χ0) is 27.5. The molecule has 0 bridgehead atoms. The van der Waals surface area contributed by atoms with Crippen LogP contribution in [-0.4, -0.2) is 25.8 Å². The van der Waals surface area contributed by atoms with Gasteiger partial charge in [-0.3, -0.25) is 4.79 Å². The van der Waals surface area contributed by atoms with Crippen molar-refractivity contribution in [3.63, 3.8) is 0 Å². The lowest BCUT2D eigenvalue weighted by Gasteiger charge is -2.36. The van der Waals surface area contributed by atoms with Crippen molar-refractivity contribution >= 4 is 31.8 Å². The van der Waals surface area contributed by atoms with Crippen LogP contribution in [0.2, 0.25) is 23.2 Å². The van der Waals surface area contributed by atoms with Gasteiger partial charge in [-0.2, -0.15) is 0 Å². The van der Waals surface area contributed by atoms with Gasteiger partial charge in [0.05, 0.1) is 23.2 Å². The van der Waals surface area contributed by atoms with Crippen LogP contribution in [0.25, 0.3) is 0 Å². The second kappa shape index (κ2) is 11.4. The summed E-state index contributed by atoms with van der Waals surface area (Å²) in [6, 6.07) is 9.23. The van der Waals surface area contributed by atoms with Crippen LogP contribution in [0.1, 0.15) is 88.0 Å². The van der Waals surface area contributed by atoms with E-state index in [0.29, 0.717) is 18.6 Å². The van der Waals surface area contributed by atoms with Gasteiger partial charge in [0.25, 0.3) is 0 Å². The van der Waals surface area contributed by atoms with Crippen molar-refractivity contribution in [2.24, 2.45) is 0 Å². The molecule has 0 heterocycles. The van der Waals surface area contributed by atoms with E-state index in [9.17, 15) is 9.59 Å². The molecule has 0 aromatic heterocycles. The minimum Gasteiger partial charge on any atom is -0.444 e. The van der Waals surface area contributed by atoms with Gasteiger partial charge in [0.1, 0.15) is 11.4 Å². The molecule has 2 aromatic carbocycles. The molecule has 0 radical (unpaired) electrons. The van der Waals surface area contributed by atoms with E-state index >= 15 is 4.39 Å². The highest BCUT2D eigenvalue weighted by molar-refractivity contribution is 6.74. The Balaban J connectivity index is 2.27. The van der Waals surface area contributed by atoms with Gasteiger partial charge in [-0.25, -0.2) is 9.18 Å². The summed E-state index contributed by atoms with van der Waals surface area (Å²) >= 11 is 6.27. The third-order valence-electron chi connectivity index (χ3n) is 6.44. The van der Waals surface area contributed by atoms with Gasteiger partial charge in [0, 0.05) is 11.1 Å². The van der Waals surface area contributed by atoms with Crippen molar-refractivity contribution in [1.29, 1.82) is 0 Å². The predicted octanol–water partition coefficient (Wildman–Crippen LogP) is 8.21. The number of amides is 1. The average Bonchev–Trinajstić information content (AvgIpc) is 2.75. The van der Waals surface area contributed by atoms with Gasteiger partial charge in [0.15, 0.2) is 14.1 Å². The minimum atomic E-state index is -1.91. The Kier molecular flexibility index (Phi) is 9.54. The lowest BCUT2D eigenvalue weighted by atomic mass is 9.96. The molecule has 1 amide bonds. The van der Waals surface area contributed by atoms with Gasteiger partial charge in [-0.1, -0.05) is 69.6 Å². The fourth-order valence-electron chi connectivity index (χ4n) is 3.27. The fraction of sp³-hybridized carbons (Fsp3) is 0.500. The maximum atomic E-state index is 15.6. The standard InChI is InChI=1S/C28H39ClFNO4Si/c1-10-22(31-26(33)35-27(2,3)4)20-15-16-21(29)23(24(20)30)25(32)19-13-11-18(12-14-19)17-34-36(8,9)28(5,6)7/h11-16,22H,10,17H2,1-9H3,(H,31,33)/t22-/m1/s1. The van der Waals surface area contributed by atoms with E-state index in [1.807, 2.05) is 19.1 Å². The first kappa shape index (κ1) is 30.0. The molecule has 0 aliphatic heterocycles. The van der Waals surface area contributed by atoms with E-state index in [1.54, 1.807) is 32.9 Å². The van der Waals surface area contributed by atoms with Crippen LogP contribution < -0.4 is 5.32 Å². The number of carbonyl (C=O) groups excluding carboxylic acids is 2. The largest absolute Gasteiger partial charge is 0.444 e. The minimum absolute atomic E-state index is 0.0127. The first-order valence-corrected chi connectivity index (χ1v) is 15.5. The van der Waals surface area contributed by atoms with E-state index in [1.165, 1.54) is 12.1 Å². The molecule has 36 heavy (non-hydrogen) atoms. The number of hydrogen-bond donors (Lipinski definition) is 1. The third-order valence-corrected chi connectivity index (χ3v) is 11.2. The third kappa shape index (κ3) is 7.64. The number of ketones is 1. The molecule has 0 saturated carbocycles. The van der Waals surface area contributed by atoms with Crippen molar-refractivity contribution in [2.75, 3.05) is 0 Å². The lowest BCUT2D eigenvalue weighted by Crippen LogP contribution is -2.40. The van der Waals surface area contributed by atoms with Crippen molar-refractivity contribution < 1.29 is 23.1 Å². The zero-order valence-corrected chi connectivity index (χ0v) is 24.6. The van der Waals surface area contributed by atoms with Crippen LogP contribution in [0.5, 0.6) is 0 Å². The fourth-order valence-corrected chi connectivity index (χ4v) is 4.46. The normalized spacial score (nSPS) is 13.3. The Morgan fingerprint density at radius 2 is 1.61 bits per heavy atom. The molecule has 198 valence electrons. The molecule has 2 rings (SSSR count). The van der Waals surface area contributed by atoms with Crippen molar-refractivity contribution in [1.82, 2.24) is 5.32 Å². The van der Waals surface area contributed by atoms with Gasteiger partial charge in [0.2, 0.25) is 0 Å². The first-order valence-electron chi connectivity index (χ1n) is 12.2. The van der Waals surface area contributed by atoms with E-state index < -0.39 is 37.7 Å². The summed E-state index contributed by atoms with van der Waals surface area (Å²) in [6.07, 6.45) is -0.263. The molecule has 8 heteroatoms. The summed E-state index contributed by atoms with van der Waals surface area (Å²) in [5.74, 6) is -1.27. The number of ether oxygens (including phenoxy) is 1. The summed E-state index contributed by atoms with van der Waals surface area (Å²) in [6.45, 7) is 18.4. The maximum absolute atomic E-state index is 15.6. The van der Waals surface area contributed by atoms with Crippen LogP contribution in [-0.2, 0) is 15.8 Å². The Hall–Kier alpha value is -2.22. The summed E-state index contributed by atoms with van der Waals surface area (Å²) < 4.78 is 27.2. The van der Waals surface area contributed by atoms with Crippen molar-refractivity contribution in [2.45, 2.75) is 91.3 Å². The summed E-state index contributed by atoms with van der Waals surface area (Å²) in [7, 11) is -1.91. The number of carbonyl (C=O) groups is 2. The highest BCUT2D eigenvalue weighted by Crippen LogP contribution is 2.37.